The molecular weight excluding hydrogens is 193 g/mol. The van der Waals surface area contributed by atoms with Gasteiger partial charge in [-0.15, -0.1) is 0 Å². The number of halogens is 3. The number of hydrogen-bond acceptors (Lipinski definition) is 2. The van der Waals surface area contributed by atoms with Gasteiger partial charge in [-0.1, -0.05) is 6.07 Å². The molecule has 0 saturated heterocycles. The Balaban J connectivity index is 3.12. The van der Waals surface area contributed by atoms with Crippen LogP contribution in [0.1, 0.15) is 5.56 Å². The van der Waals surface area contributed by atoms with Crippen LogP contribution in [-0.4, -0.2) is 13.6 Å². The second-order valence-electron chi connectivity index (χ2n) is 2.94. The van der Waals surface area contributed by atoms with Crippen LogP contribution < -0.4 is 11.1 Å². The highest BCUT2D eigenvalue weighted by molar-refractivity contribution is 5.44. The molecule has 5 heteroatoms. The lowest BCUT2D eigenvalue weighted by atomic mass is 10.1. The van der Waals surface area contributed by atoms with Gasteiger partial charge in [-0.3, -0.25) is 0 Å². The van der Waals surface area contributed by atoms with Crippen LogP contribution in [0.15, 0.2) is 18.2 Å². The van der Waals surface area contributed by atoms with E-state index >= 15 is 0 Å². The molecule has 0 bridgehead atoms. The first-order valence-electron chi connectivity index (χ1n) is 4.06. The second kappa shape index (κ2) is 3.88. The van der Waals surface area contributed by atoms with Gasteiger partial charge in [0, 0.05) is 0 Å². The highest BCUT2D eigenvalue weighted by atomic mass is 19.3. The molecule has 0 amide bonds. The maximum atomic E-state index is 13.2. The Morgan fingerprint density at radius 2 is 2.07 bits per heavy atom. The molecule has 0 heterocycles. The maximum Gasteiger partial charge on any atom is 0.288 e. The zero-order chi connectivity index (χ0) is 10.8. The Bertz CT molecular complexity index is 326. The predicted octanol–water partition coefficient (Wildman–Crippen LogP) is 1.72. The molecular formula is C9H11F3N2. The van der Waals surface area contributed by atoms with Gasteiger partial charge < -0.3 is 11.1 Å². The summed E-state index contributed by atoms with van der Waals surface area (Å²) in [4.78, 5) is 0. The third-order valence-corrected chi connectivity index (χ3v) is 1.82. The van der Waals surface area contributed by atoms with Gasteiger partial charge in [0.1, 0.15) is 0 Å². The third-order valence-electron chi connectivity index (χ3n) is 1.82. The summed E-state index contributed by atoms with van der Waals surface area (Å²) in [5.74, 6) is -4.29. The Morgan fingerprint density at radius 3 is 2.64 bits per heavy atom. The van der Waals surface area contributed by atoms with Crippen molar-refractivity contribution >= 4 is 5.69 Å². The summed E-state index contributed by atoms with van der Waals surface area (Å²) in [5.41, 5.74) is 4.25. The van der Waals surface area contributed by atoms with Crippen LogP contribution in [0.5, 0.6) is 0 Å². The number of alkyl halides is 2. The molecule has 0 spiro atoms. The van der Waals surface area contributed by atoms with Crippen LogP contribution >= 0.6 is 0 Å². The topological polar surface area (TPSA) is 38.0 Å². The number of likely N-dealkylation sites (N-methyl/N-ethyl adjacent to an activating group) is 1. The van der Waals surface area contributed by atoms with Crippen molar-refractivity contribution in [1.82, 2.24) is 5.32 Å². The van der Waals surface area contributed by atoms with Crippen LogP contribution in [0.3, 0.4) is 0 Å². The van der Waals surface area contributed by atoms with Crippen molar-refractivity contribution in [2.45, 2.75) is 5.92 Å². The highest BCUT2D eigenvalue weighted by Crippen LogP contribution is 2.31. The first-order valence-corrected chi connectivity index (χ1v) is 4.06. The van der Waals surface area contributed by atoms with E-state index in [4.69, 9.17) is 5.73 Å². The van der Waals surface area contributed by atoms with Gasteiger partial charge >= 0.3 is 0 Å². The summed E-state index contributed by atoms with van der Waals surface area (Å²) < 4.78 is 39.7. The average Bonchev–Trinajstić information content (AvgIpc) is 2.09. The number of rotatable bonds is 3. The van der Waals surface area contributed by atoms with Crippen molar-refractivity contribution in [2.75, 3.05) is 19.3 Å². The van der Waals surface area contributed by atoms with Crippen molar-refractivity contribution in [3.05, 3.63) is 29.6 Å². The molecule has 0 aliphatic rings. The Labute approximate surface area is 79.9 Å². The number of benzene rings is 1. The predicted molar refractivity (Wildman–Crippen MR) is 48.6 cm³/mol. The van der Waals surface area contributed by atoms with Crippen molar-refractivity contribution in [1.29, 1.82) is 0 Å². The lowest BCUT2D eigenvalue weighted by Gasteiger charge is -2.17. The molecule has 0 atom stereocenters. The summed E-state index contributed by atoms with van der Waals surface area (Å²) in [5, 5.41) is 2.30. The summed E-state index contributed by atoms with van der Waals surface area (Å²) in [6, 6.07) is 3.58. The second-order valence-corrected chi connectivity index (χ2v) is 2.94. The van der Waals surface area contributed by atoms with Gasteiger partial charge in [0.15, 0.2) is 5.82 Å². The van der Waals surface area contributed by atoms with Crippen molar-refractivity contribution in [2.24, 2.45) is 0 Å². The Morgan fingerprint density at radius 1 is 1.43 bits per heavy atom. The molecule has 0 fully saturated rings. The van der Waals surface area contributed by atoms with E-state index < -0.39 is 23.8 Å². The smallest absolute Gasteiger partial charge is 0.288 e. The standard InChI is InChI=1S/C9H11F3N2/c1-14-5-9(11,12)6-3-2-4-7(13)8(6)10/h2-4,14H,5,13H2,1H3. The minimum atomic E-state index is -3.24. The van der Waals surface area contributed by atoms with Crippen molar-refractivity contribution in [3.8, 4) is 0 Å². The highest BCUT2D eigenvalue weighted by Gasteiger charge is 2.34. The van der Waals surface area contributed by atoms with E-state index in [1.807, 2.05) is 0 Å². The fraction of sp³-hybridized carbons (Fsp3) is 0.333. The van der Waals surface area contributed by atoms with Gasteiger partial charge in [0.05, 0.1) is 17.8 Å². The average molecular weight is 204 g/mol. The van der Waals surface area contributed by atoms with E-state index in [1.165, 1.54) is 19.2 Å². The molecule has 1 rings (SSSR count). The molecule has 1 aromatic rings. The van der Waals surface area contributed by atoms with Crippen molar-refractivity contribution in [3.63, 3.8) is 0 Å². The molecule has 0 radical (unpaired) electrons. The van der Waals surface area contributed by atoms with Crippen molar-refractivity contribution < 1.29 is 13.2 Å². The van der Waals surface area contributed by atoms with Gasteiger partial charge in [0.25, 0.3) is 5.92 Å². The summed E-state index contributed by atoms with van der Waals surface area (Å²) in [6.07, 6.45) is 0. The van der Waals surface area contributed by atoms with E-state index in [0.29, 0.717) is 0 Å². The molecule has 78 valence electrons. The van der Waals surface area contributed by atoms with E-state index in [1.54, 1.807) is 0 Å². The number of nitrogens with one attached hydrogen (secondary N) is 1. The van der Waals surface area contributed by atoms with Crippen LogP contribution in [0, 0.1) is 5.82 Å². The lowest BCUT2D eigenvalue weighted by molar-refractivity contribution is -0.00458. The SMILES string of the molecule is CNCC(F)(F)c1cccc(N)c1F. The summed E-state index contributed by atoms with van der Waals surface area (Å²) in [7, 11) is 1.37. The molecule has 0 saturated carbocycles. The van der Waals surface area contributed by atoms with Gasteiger partial charge in [-0.2, -0.15) is 8.78 Å². The van der Waals surface area contributed by atoms with E-state index in [-0.39, 0.29) is 5.69 Å². The summed E-state index contributed by atoms with van der Waals surface area (Å²) >= 11 is 0. The van der Waals surface area contributed by atoms with Crippen LogP contribution in [0.25, 0.3) is 0 Å². The quantitative estimate of drug-likeness (QED) is 0.736. The molecule has 0 aromatic heterocycles. The largest absolute Gasteiger partial charge is 0.396 e. The molecule has 2 nitrogen and oxygen atoms in total. The number of nitrogens with two attached hydrogens (primary N) is 1. The maximum absolute atomic E-state index is 13.2. The first-order chi connectivity index (χ1) is 6.49. The fourth-order valence-electron chi connectivity index (χ4n) is 1.15. The lowest BCUT2D eigenvalue weighted by Crippen LogP contribution is -2.29. The Kier molecular flexibility index (Phi) is 3.00. The summed E-state index contributed by atoms with van der Waals surface area (Å²) in [6.45, 7) is -0.618. The van der Waals surface area contributed by atoms with Gasteiger partial charge in [-0.25, -0.2) is 4.39 Å². The Hall–Kier alpha value is -1.23. The molecule has 0 unspecified atom stereocenters. The van der Waals surface area contributed by atoms with Crippen LogP contribution in [-0.2, 0) is 5.92 Å². The van der Waals surface area contributed by atoms with E-state index in [2.05, 4.69) is 5.32 Å². The molecule has 14 heavy (non-hydrogen) atoms. The van der Waals surface area contributed by atoms with Gasteiger partial charge in [0.2, 0.25) is 0 Å². The first kappa shape index (κ1) is 10.8. The molecule has 1 aromatic carbocycles. The fourth-order valence-corrected chi connectivity index (χ4v) is 1.15. The number of hydrogen-bond donors (Lipinski definition) is 2. The zero-order valence-electron chi connectivity index (χ0n) is 7.65. The normalized spacial score (nSPS) is 11.7. The molecule has 0 aliphatic carbocycles. The zero-order valence-corrected chi connectivity index (χ0v) is 7.65. The molecule has 0 aliphatic heterocycles. The van der Waals surface area contributed by atoms with Crippen LogP contribution in [0.2, 0.25) is 0 Å². The monoisotopic (exact) mass is 204 g/mol. The number of anilines is 1. The van der Waals surface area contributed by atoms with E-state index in [9.17, 15) is 13.2 Å². The van der Waals surface area contributed by atoms with E-state index in [0.717, 1.165) is 6.07 Å². The third kappa shape index (κ3) is 1.98. The minimum absolute atomic E-state index is 0.265. The van der Waals surface area contributed by atoms with Gasteiger partial charge in [-0.05, 0) is 19.2 Å². The minimum Gasteiger partial charge on any atom is -0.396 e. The number of nitrogen functional groups attached to an aromatic ring is 1. The molecule has 3 N–H and O–H groups in total. The van der Waals surface area contributed by atoms with Crippen LogP contribution in [0.4, 0.5) is 18.9 Å².